The van der Waals surface area contributed by atoms with E-state index in [4.69, 9.17) is 4.74 Å². The normalized spacial score (nSPS) is 31.2. The Kier molecular flexibility index (Phi) is 1.95. The predicted octanol–water partition coefficient (Wildman–Crippen LogP) is -0.920. The van der Waals surface area contributed by atoms with E-state index in [1.54, 1.807) is 4.90 Å². The largest absolute Gasteiger partial charge is 0.354 e. The first-order chi connectivity index (χ1) is 6.16. The number of carbonyl (C=O) groups is 2. The molecule has 2 amide bonds. The fourth-order valence-electron chi connectivity index (χ4n) is 1.62. The van der Waals surface area contributed by atoms with Gasteiger partial charge in [0.05, 0.1) is 19.1 Å². The molecule has 0 unspecified atom stereocenters. The van der Waals surface area contributed by atoms with E-state index in [1.807, 2.05) is 0 Å². The number of hydrogen-bond acceptors (Lipinski definition) is 3. The molecule has 0 aromatic heterocycles. The lowest BCUT2D eigenvalue weighted by atomic mass is 10.2. The topological polar surface area (TPSA) is 58.6 Å². The molecule has 72 valence electrons. The average Bonchev–Trinajstić information content (AvgIpc) is 2.39. The third-order valence-corrected chi connectivity index (χ3v) is 2.35. The van der Waals surface area contributed by atoms with Crippen LogP contribution in [0.25, 0.3) is 0 Å². The Morgan fingerprint density at radius 1 is 1.77 bits per heavy atom. The van der Waals surface area contributed by atoms with E-state index in [9.17, 15) is 9.59 Å². The van der Waals surface area contributed by atoms with Crippen LogP contribution in [0.2, 0.25) is 0 Å². The Morgan fingerprint density at radius 2 is 2.54 bits per heavy atom. The summed E-state index contributed by atoms with van der Waals surface area (Å²) >= 11 is 0. The van der Waals surface area contributed by atoms with Gasteiger partial charge in [-0.1, -0.05) is 0 Å². The Labute approximate surface area is 76.0 Å². The molecule has 13 heavy (non-hydrogen) atoms. The third kappa shape index (κ3) is 1.51. The molecular weight excluding hydrogens is 172 g/mol. The van der Waals surface area contributed by atoms with E-state index >= 15 is 0 Å². The molecule has 0 bridgehead atoms. The van der Waals surface area contributed by atoms with Crippen molar-refractivity contribution in [2.45, 2.75) is 25.7 Å². The summed E-state index contributed by atoms with van der Waals surface area (Å²) in [5.74, 6) is 0.0829. The van der Waals surface area contributed by atoms with Crippen molar-refractivity contribution in [3.05, 3.63) is 0 Å². The molecule has 0 aliphatic carbocycles. The summed E-state index contributed by atoms with van der Waals surface area (Å²) in [6.07, 6.45) is 0.447. The summed E-state index contributed by atoms with van der Waals surface area (Å²) in [6.45, 7) is 2.58. The zero-order valence-electron chi connectivity index (χ0n) is 7.45. The van der Waals surface area contributed by atoms with Gasteiger partial charge in [0.15, 0.2) is 0 Å². The van der Waals surface area contributed by atoms with Crippen LogP contribution in [0.3, 0.4) is 0 Å². The Hall–Kier alpha value is -1.10. The van der Waals surface area contributed by atoms with Crippen LogP contribution in [0, 0.1) is 0 Å². The Morgan fingerprint density at radius 3 is 3.08 bits per heavy atom. The summed E-state index contributed by atoms with van der Waals surface area (Å²) in [7, 11) is 0. The number of carbonyl (C=O) groups excluding carboxylic acids is 2. The number of β-lactam (4-membered cyclic amide) rings is 1. The van der Waals surface area contributed by atoms with Gasteiger partial charge in [0, 0.05) is 13.5 Å². The first kappa shape index (κ1) is 8.50. The highest BCUT2D eigenvalue weighted by Gasteiger charge is 2.44. The van der Waals surface area contributed by atoms with Crippen molar-refractivity contribution < 1.29 is 14.3 Å². The molecule has 0 radical (unpaired) electrons. The smallest absolute Gasteiger partial charge is 0.229 e. The number of amides is 2. The molecule has 5 heteroatoms. The van der Waals surface area contributed by atoms with Crippen molar-refractivity contribution in [3.63, 3.8) is 0 Å². The quantitative estimate of drug-likeness (QED) is 0.565. The van der Waals surface area contributed by atoms with Crippen molar-refractivity contribution in [1.29, 1.82) is 0 Å². The highest BCUT2D eigenvalue weighted by atomic mass is 16.5. The number of fused-ring (bicyclic) bond motifs is 1. The fourth-order valence-corrected chi connectivity index (χ4v) is 1.62. The number of rotatable bonds is 2. The van der Waals surface area contributed by atoms with Gasteiger partial charge in [-0.2, -0.15) is 0 Å². The monoisotopic (exact) mass is 184 g/mol. The molecule has 2 atom stereocenters. The predicted molar refractivity (Wildman–Crippen MR) is 43.7 cm³/mol. The summed E-state index contributed by atoms with van der Waals surface area (Å²) < 4.78 is 5.47. The van der Waals surface area contributed by atoms with Crippen LogP contribution in [0.15, 0.2) is 0 Å². The zero-order valence-corrected chi connectivity index (χ0v) is 7.45. The van der Waals surface area contributed by atoms with Crippen LogP contribution in [0.1, 0.15) is 13.3 Å². The lowest BCUT2D eigenvalue weighted by Gasteiger charge is -2.31. The molecule has 1 N–H and O–H groups in total. The molecule has 0 aromatic rings. The number of nitrogens with zero attached hydrogens (tertiary/aromatic N) is 1. The van der Waals surface area contributed by atoms with Gasteiger partial charge in [-0.3, -0.25) is 9.59 Å². The SMILES string of the molecule is CC(=O)NC[C@H]1CN2C(=O)C[C@H]2O1. The van der Waals surface area contributed by atoms with Crippen LogP contribution in [-0.4, -0.2) is 42.1 Å². The number of nitrogens with one attached hydrogen (secondary N) is 1. The Bertz CT molecular complexity index is 254. The summed E-state index contributed by atoms with van der Waals surface area (Å²) in [5, 5.41) is 2.67. The summed E-state index contributed by atoms with van der Waals surface area (Å²) in [5.41, 5.74) is 0. The molecule has 2 saturated heterocycles. The summed E-state index contributed by atoms with van der Waals surface area (Å²) in [4.78, 5) is 23.3. The van der Waals surface area contributed by atoms with Gasteiger partial charge < -0.3 is 15.0 Å². The maximum absolute atomic E-state index is 11.0. The minimum atomic E-state index is -0.0656. The second-order valence-electron chi connectivity index (χ2n) is 3.40. The summed E-state index contributed by atoms with van der Waals surface area (Å²) in [6, 6.07) is 0. The molecule has 0 saturated carbocycles. The molecule has 2 fully saturated rings. The minimum Gasteiger partial charge on any atom is -0.354 e. The number of ether oxygens (including phenoxy) is 1. The number of hydrogen-bond donors (Lipinski definition) is 1. The van der Waals surface area contributed by atoms with Gasteiger partial charge in [-0.25, -0.2) is 0 Å². The van der Waals surface area contributed by atoms with Gasteiger partial charge in [0.25, 0.3) is 0 Å². The molecule has 2 aliphatic rings. The molecule has 0 aromatic carbocycles. The van der Waals surface area contributed by atoms with Gasteiger partial charge in [-0.05, 0) is 0 Å². The molecule has 5 nitrogen and oxygen atoms in total. The molecule has 0 spiro atoms. The standard InChI is InChI=1S/C8H12N2O3/c1-5(11)9-3-6-4-10-7(12)2-8(10)13-6/h6,8H,2-4H2,1H3,(H,9,11)/t6-,8+/m0/s1. The van der Waals surface area contributed by atoms with E-state index < -0.39 is 0 Å². The van der Waals surface area contributed by atoms with Crippen LogP contribution in [0.5, 0.6) is 0 Å². The third-order valence-electron chi connectivity index (χ3n) is 2.35. The van der Waals surface area contributed by atoms with Crippen LogP contribution in [0.4, 0.5) is 0 Å². The Balaban J connectivity index is 1.78. The molecule has 2 rings (SSSR count). The highest BCUT2D eigenvalue weighted by Crippen LogP contribution is 2.27. The first-order valence-corrected chi connectivity index (χ1v) is 4.36. The second-order valence-corrected chi connectivity index (χ2v) is 3.40. The zero-order chi connectivity index (χ0) is 9.42. The van der Waals surface area contributed by atoms with E-state index in [1.165, 1.54) is 6.92 Å². The van der Waals surface area contributed by atoms with E-state index in [0.29, 0.717) is 19.5 Å². The van der Waals surface area contributed by atoms with Gasteiger partial charge >= 0.3 is 0 Å². The molecule has 2 aliphatic heterocycles. The van der Waals surface area contributed by atoms with Crippen molar-refractivity contribution in [2.24, 2.45) is 0 Å². The highest BCUT2D eigenvalue weighted by molar-refractivity contribution is 5.83. The first-order valence-electron chi connectivity index (χ1n) is 4.36. The van der Waals surface area contributed by atoms with Crippen molar-refractivity contribution >= 4 is 11.8 Å². The minimum absolute atomic E-state index is 0.0220. The van der Waals surface area contributed by atoms with E-state index in [0.717, 1.165) is 0 Å². The van der Waals surface area contributed by atoms with Crippen molar-refractivity contribution in [3.8, 4) is 0 Å². The van der Waals surface area contributed by atoms with Crippen LogP contribution >= 0.6 is 0 Å². The van der Waals surface area contributed by atoms with E-state index in [2.05, 4.69) is 5.32 Å². The maximum Gasteiger partial charge on any atom is 0.229 e. The van der Waals surface area contributed by atoms with E-state index in [-0.39, 0.29) is 24.1 Å². The molecule has 2 heterocycles. The second kappa shape index (κ2) is 2.99. The lowest BCUT2D eigenvalue weighted by molar-refractivity contribution is -0.156. The van der Waals surface area contributed by atoms with Gasteiger partial charge in [-0.15, -0.1) is 0 Å². The molecular formula is C8H12N2O3. The van der Waals surface area contributed by atoms with Crippen molar-refractivity contribution in [2.75, 3.05) is 13.1 Å². The fraction of sp³-hybridized carbons (Fsp3) is 0.750. The average molecular weight is 184 g/mol. The maximum atomic E-state index is 11.0. The van der Waals surface area contributed by atoms with Crippen molar-refractivity contribution in [1.82, 2.24) is 10.2 Å². The van der Waals surface area contributed by atoms with Gasteiger partial charge in [0.2, 0.25) is 11.8 Å². The van der Waals surface area contributed by atoms with Crippen LogP contribution in [-0.2, 0) is 14.3 Å². The van der Waals surface area contributed by atoms with Crippen LogP contribution < -0.4 is 5.32 Å². The lowest BCUT2D eigenvalue weighted by Crippen LogP contribution is -2.48. The van der Waals surface area contributed by atoms with Gasteiger partial charge in [0.1, 0.15) is 6.23 Å².